The molecule has 1 aliphatic heterocycles. The molecular weight excluding hydrogens is 300 g/mol. The monoisotopic (exact) mass is 330 g/mol. The van der Waals surface area contributed by atoms with Gasteiger partial charge in [0.1, 0.15) is 5.75 Å². The molecule has 1 aromatic carbocycles. The molecule has 0 bridgehead atoms. The van der Waals surface area contributed by atoms with Gasteiger partial charge in [-0.2, -0.15) is 0 Å². The van der Waals surface area contributed by atoms with Crippen LogP contribution in [0.15, 0.2) is 12.1 Å². The van der Waals surface area contributed by atoms with Gasteiger partial charge in [0.2, 0.25) is 5.91 Å². The number of carbonyl (C=O) groups is 1. The van der Waals surface area contributed by atoms with Gasteiger partial charge in [-0.15, -0.1) is 0 Å². The molecule has 132 valence electrons. The second kappa shape index (κ2) is 7.56. The van der Waals surface area contributed by atoms with E-state index in [2.05, 4.69) is 29.3 Å². The second-order valence-corrected chi connectivity index (χ2v) is 7.34. The van der Waals surface area contributed by atoms with Crippen LogP contribution < -0.4 is 10.1 Å². The highest BCUT2D eigenvalue weighted by atomic mass is 16.5. The van der Waals surface area contributed by atoms with Gasteiger partial charge >= 0.3 is 0 Å². The smallest absolute Gasteiger partial charge is 0.217 e. The van der Waals surface area contributed by atoms with Gasteiger partial charge in [-0.3, -0.25) is 9.69 Å². The first kappa shape index (κ1) is 17.3. The van der Waals surface area contributed by atoms with Crippen molar-refractivity contribution in [2.45, 2.75) is 58.5 Å². The number of amides is 1. The molecule has 1 aliphatic carbocycles. The third-order valence-corrected chi connectivity index (χ3v) is 5.45. The van der Waals surface area contributed by atoms with E-state index in [1.807, 2.05) is 0 Å². The number of nitrogens with zero attached hydrogens (tertiary/aromatic N) is 1. The lowest BCUT2D eigenvalue weighted by molar-refractivity contribution is -0.119. The zero-order chi connectivity index (χ0) is 17.1. The third-order valence-electron chi connectivity index (χ3n) is 5.45. The number of ether oxygens (including phenoxy) is 1. The predicted octanol–water partition coefficient (Wildman–Crippen LogP) is 2.92. The van der Waals surface area contributed by atoms with Crippen molar-refractivity contribution in [3.63, 3.8) is 0 Å². The summed E-state index contributed by atoms with van der Waals surface area (Å²) in [6.45, 7) is 6.74. The minimum absolute atomic E-state index is 0.0815. The highest BCUT2D eigenvalue weighted by Gasteiger charge is 2.33. The molecule has 2 atom stereocenters. The lowest BCUT2D eigenvalue weighted by Gasteiger charge is -2.19. The van der Waals surface area contributed by atoms with E-state index < -0.39 is 0 Å². The summed E-state index contributed by atoms with van der Waals surface area (Å²) in [7, 11) is 1.77. The Morgan fingerprint density at radius 1 is 1.29 bits per heavy atom. The molecule has 4 nitrogen and oxygen atoms in total. The van der Waals surface area contributed by atoms with Crippen LogP contribution in [0.4, 0.5) is 0 Å². The van der Waals surface area contributed by atoms with Gasteiger partial charge in [0, 0.05) is 38.2 Å². The zero-order valence-electron chi connectivity index (χ0n) is 15.2. The highest BCUT2D eigenvalue weighted by molar-refractivity contribution is 5.73. The molecule has 1 aromatic rings. The first-order chi connectivity index (χ1) is 11.6. The molecule has 2 aliphatic rings. The molecule has 4 heteroatoms. The molecule has 1 amide bonds. The number of fused-ring (bicyclic) bond motifs is 1. The SMILES string of the molecule is CCC[C@@H]1CN(Cc2cc3c(cc2OC)CCC3)C[C@H]1NC(C)=O. The van der Waals surface area contributed by atoms with E-state index in [1.54, 1.807) is 14.0 Å². The minimum atomic E-state index is 0.0815. The summed E-state index contributed by atoms with van der Waals surface area (Å²) in [6, 6.07) is 4.87. The van der Waals surface area contributed by atoms with Gasteiger partial charge in [0.25, 0.3) is 0 Å². The Morgan fingerprint density at radius 3 is 2.71 bits per heavy atom. The Kier molecular flexibility index (Phi) is 5.44. The number of likely N-dealkylation sites (tertiary alicyclic amines) is 1. The molecule has 1 N–H and O–H groups in total. The summed E-state index contributed by atoms with van der Waals surface area (Å²) in [5.74, 6) is 1.66. The summed E-state index contributed by atoms with van der Waals surface area (Å²) in [5.41, 5.74) is 4.24. The first-order valence-electron chi connectivity index (χ1n) is 9.28. The molecule has 1 heterocycles. The number of hydrogen-bond acceptors (Lipinski definition) is 3. The number of nitrogens with one attached hydrogen (secondary N) is 1. The first-order valence-corrected chi connectivity index (χ1v) is 9.28. The maximum Gasteiger partial charge on any atom is 0.217 e. The number of rotatable bonds is 6. The lowest BCUT2D eigenvalue weighted by Crippen LogP contribution is -2.39. The highest BCUT2D eigenvalue weighted by Crippen LogP contribution is 2.32. The Bertz CT molecular complexity index is 600. The number of aryl methyl sites for hydroxylation is 2. The Hall–Kier alpha value is -1.55. The van der Waals surface area contributed by atoms with Gasteiger partial charge < -0.3 is 10.1 Å². The van der Waals surface area contributed by atoms with Gasteiger partial charge in [-0.05, 0) is 48.8 Å². The van der Waals surface area contributed by atoms with E-state index in [1.165, 1.54) is 42.4 Å². The lowest BCUT2D eigenvalue weighted by atomic mass is 9.98. The van der Waals surface area contributed by atoms with Crippen LogP contribution in [0, 0.1) is 5.92 Å². The average molecular weight is 330 g/mol. The van der Waals surface area contributed by atoms with E-state index in [4.69, 9.17) is 4.74 Å². The number of carbonyl (C=O) groups excluding carboxylic acids is 1. The molecule has 0 spiro atoms. The Morgan fingerprint density at radius 2 is 2.04 bits per heavy atom. The summed E-state index contributed by atoms with van der Waals surface area (Å²) in [4.78, 5) is 14.0. The largest absolute Gasteiger partial charge is 0.496 e. The molecule has 0 aromatic heterocycles. The molecular formula is C20H30N2O2. The van der Waals surface area contributed by atoms with E-state index in [-0.39, 0.29) is 11.9 Å². The van der Waals surface area contributed by atoms with E-state index in [0.29, 0.717) is 5.92 Å². The van der Waals surface area contributed by atoms with E-state index in [9.17, 15) is 4.79 Å². The Labute approximate surface area is 145 Å². The van der Waals surface area contributed by atoms with Crippen molar-refractivity contribution in [3.8, 4) is 5.75 Å². The van der Waals surface area contributed by atoms with Crippen LogP contribution in [-0.4, -0.2) is 37.0 Å². The van der Waals surface area contributed by atoms with E-state index in [0.717, 1.165) is 31.8 Å². The van der Waals surface area contributed by atoms with Gasteiger partial charge in [-0.1, -0.05) is 19.4 Å². The van der Waals surface area contributed by atoms with Crippen LogP contribution in [0.1, 0.15) is 49.8 Å². The summed E-state index contributed by atoms with van der Waals surface area (Å²) in [6.07, 6.45) is 5.96. The fourth-order valence-corrected chi connectivity index (χ4v) is 4.38. The van der Waals surface area contributed by atoms with Crippen LogP contribution in [-0.2, 0) is 24.2 Å². The molecule has 0 saturated carbocycles. The summed E-state index contributed by atoms with van der Waals surface area (Å²) in [5, 5.41) is 3.15. The maximum atomic E-state index is 11.5. The predicted molar refractivity (Wildman–Crippen MR) is 96.3 cm³/mol. The van der Waals surface area contributed by atoms with Crippen LogP contribution in [0.3, 0.4) is 0 Å². The topological polar surface area (TPSA) is 41.6 Å². The molecule has 1 fully saturated rings. The quantitative estimate of drug-likeness (QED) is 0.872. The van der Waals surface area contributed by atoms with Crippen molar-refractivity contribution in [3.05, 3.63) is 28.8 Å². The molecule has 3 rings (SSSR count). The van der Waals surface area contributed by atoms with E-state index >= 15 is 0 Å². The molecule has 24 heavy (non-hydrogen) atoms. The van der Waals surface area contributed by atoms with Crippen LogP contribution >= 0.6 is 0 Å². The minimum Gasteiger partial charge on any atom is -0.496 e. The van der Waals surface area contributed by atoms with Crippen molar-refractivity contribution in [2.75, 3.05) is 20.2 Å². The zero-order valence-corrected chi connectivity index (χ0v) is 15.2. The average Bonchev–Trinajstić information content (AvgIpc) is 3.13. The fourth-order valence-electron chi connectivity index (χ4n) is 4.38. The van der Waals surface area contributed by atoms with Crippen molar-refractivity contribution in [1.29, 1.82) is 0 Å². The van der Waals surface area contributed by atoms with Crippen molar-refractivity contribution in [2.24, 2.45) is 5.92 Å². The van der Waals surface area contributed by atoms with Gasteiger partial charge in [-0.25, -0.2) is 0 Å². The van der Waals surface area contributed by atoms with Crippen LogP contribution in [0.2, 0.25) is 0 Å². The molecule has 0 unspecified atom stereocenters. The van der Waals surface area contributed by atoms with Crippen molar-refractivity contribution in [1.82, 2.24) is 10.2 Å². The van der Waals surface area contributed by atoms with Gasteiger partial charge in [0.15, 0.2) is 0 Å². The van der Waals surface area contributed by atoms with Crippen molar-refractivity contribution >= 4 is 5.91 Å². The maximum absolute atomic E-state index is 11.5. The molecule has 0 radical (unpaired) electrons. The second-order valence-electron chi connectivity index (χ2n) is 7.34. The summed E-state index contributed by atoms with van der Waals surface area (Å²) >= 11 is 0. The number of hydrogen-bond donors (Lipinski definition) is 1. The molecule has 1 saturated heterocycles. The summed E-state index contributed by atoms with van der Waals surface area (Å²) < 4.78 is 5.65. The van der Waals surface area contributed by atoms with Crippen LogP contribution in [0.5, 0.6) is 5.75 Å². The number of benzene rings is 1. The standard InChI is InChI=1S/C20H30N2O2/c1-4-6-17-11-22(13-19(17)21-14(2)23)12-18-9-15-7-5-8-16(15)10-20(18)24-3/h9-10,17,19H,4-8,11-13H2,1-3H3,(H,21,23)/t17-,19-/m1/s1. The van der Waals surface area contributed by atoms with Crippen molar-refractivity contribution < 1.29 is 9.53 Å². The normalized spacial score (nSPS) is 23.3. The van der Waals surface area contributed by atoms with Gasteiger partial charge in [0.05, 0.1) is 7.11 Å². The van der Waals surface area contributed by atoms with Crippen LogP contribution in [0.25, 0.3) is 0 Å². The number of methoxy groups -OCH3 is 1. The fraction of sp³-hybridized carbons (Fsp3) is 0.650. The Balaban J connectivity index is 1.73. The third kappa shape index (κ3) is 3.75.